The van der Waals surface area contributed by atoms with Crippen LogP contribution in [0.2, 0.25) is 0 Å². The smallest absolute Gasteiger partial charge is 0.168 e. The third-order valence-corrected chi connectivity index (χ3v) is 3.45. The van der Waals surface area contributed by atoms with Gasteiger partial charge in [-0.3, -0.25) is 0 Å². The highest BCUT2D eigenvalue weighted by atomic mass is 19.1. The standard InChI is InChI=1S/C17H20FNO/c1-19-12-15(13-7-4-3-5-8-13)11-14-9-6-10-16(20-2)17(14)18/h3-10,15,19H,11-12H2,1-2H3. The number of hydrogen-bond donors (Lipinski definition) is 1. The van der Waals surface area contributed by atoms with Gasteiger partial charge in [0.2, 0.25) is 0 Å². The summed E-state index contributed by atoms with van der Waals surface area (Å²) in [6, 6.07) is 15.5. The van der Waals surface area contributed by atoms with Crippen LogP contribution in [0.5, 0.6) is 5.75 Å². The van der Waals surface area contributed by atoms with Crippen molar-refractivity contribution in [3.63, 3.8) is 0 Å². The van der Waals surface area contributed by atoms with E-state index in [0.717, 1.165) is 6.54 Å². The lowest BCUT2D eigenvalue weighted by atomic mass is 9.91. The second-order valence-corrected chi connectivity index (χ2v) is 4.80. The number of likely N-dealkylation sites (N-methyl/N-ethyl adjacent to an activating group) is 1. The van der Waals surface area contributed by atoms with Gasteiger partial charge in [-0.2, -0.15) is 0 Å². The molecule has 1 unspecified atom stereocenters. The Balaban J connectivity index is 2.25. The molecule has 0 aliphatic rings. The van der Waals surface area contributed by atoms with Crippen molar-refractivity contribution in [1.29, 1.82) is 0 Å². The molecule has 0 aliphatic carbocycles. The van der Waals surface area contributed by atoms with Crippen molar-refractivity contribution in [3.8, 4) is 5.75 Å². The van der Waals surface area contributed by atoms with Gasteiger partial charge in [0, 0.05) is 12.5 Å². The Bertz CT molecular complexity index is 542. The second-order valence-electron chi connectivity index (χ2n) is 4.80. The Hall–Kier alpha value is -1.87. The molecule has 0 aliphatic heterocycles. The van der Waals surface area contributed by atoms with Crippen LogP contribution in [0.1, 0.15) is 17.0 Å². The highest BCUT2D eigenvalue weighted by molar-refractivity contribution is 5.33. The maximum Gasteiger partial charge on any atom is 0.168 e. The van der Waals surface area contributed by atoms with E-state index in [1.807, 2.05) is 37.4 Å². The van der Waals surface area contributed by atoms with Crippen LogP contribution in [-0.4, -0.2) is 20.7 Å². The van der Waals surface area contributed by atoms with Gasteiger partial charge in [0.15, 0.2) is 11.6 Å². The van der Waals surface area contributed by atoms with Gasteiger partial charge in [0.1, 0.15) is 0 Å². The topological polar surface area (TPSA) is 21.3 Å². The van der Waals surface area contributed by atoms with E-state index in [9.17, 15) is 4.39 Å². The summed E-state index contributed by atoms with van der Waals surface area (Å²) in [6.45, 7) is 0.806. The van der Waals surface area contributed by atoms with Gasteiger partial charge in [-0.25, -0.2) is 4.39 Å². The lowest BCUT2D eigenvalue weighted by molar-refractivity contribution is 0.383. The van der Waals surface area contributed by atoms with Gasteiger partial charge in [-0.05, 0) is 30.7 Å². The van der Waals surface area contributed by atoms with Crippen molar-refractivity contribution in [2.75, 3.05) is 20.7 Å². The molecule has 2 nitrogen and oxygen atoms in total. The molecule has 2 aromatic carbocycles. The SMILES string of the molecule is CNCC(Cc1cccc(OC)c1F)c1ccccc1. The quantitative estimate of drug-likeness (QED) is 0.871. The molecule has 106 valence electrons. The van der Waals surface area contributed by atoms with Gasteiger partial charge in [0.25, 0.3) is 0 Å². The van der Waals surface area contributed by atoms with Crippen molar-refractivity contribution in [3.05, 3.63) is 65.5 Å². The number of hydrogen-bond acceptors (Lipinski definition) is 2. The largest absolute Gasteiger partial charge is 0.494 e. The third kappa shape index (κ3) is 3.36. The summed E-state index contributed by atoms with van der Waals surface area (Å²) in [5.74, 6) is 0.286. The summed E-state index contributed by atoms with van der Waals surface area (Å²) in [5, 5.41) is 3.18. The first-order valence-electron chi connectivity index (χ1n) is 6.77. The minimum Gasteiger partial charge on any atom is -0.494 e. The highest BCUT2D eigenvalue weighted by Crippen LogP contribution is 2.26. The maximum atomic E-state index is 14.2. The molecule has 2 rings (SSSR count). The summed E-state index contributed by atoms with van der Waals surface area (Å²) in [5.41, 5.74) is 1.90. The van der Waals surface area contributed by atoms with Crippen LogP contribution < -0.4 is 10.1 Å². The fourth-order valence-corrected chi connectivity index (χ4v) is 2.42. The van der Waals surface area contributed by atoms with Gasteiger partial charge in [-0.15, -0.1) is 0 Å². The minimum atomic E-state index is -0.257. The van der Waals surface area contributed by atoms with E-state index in [2.05, 4.69) is 17.4 Å². The van der Waals surface area contributed by atoms with Crippen molar-refractivity contribution in [2.45, 2.75) is 12.3 Å². The molecule has 0 radical (unpaired) electrons. The number of halogens is 1. The molecule has 1 N–H and O–H groups in total. The third-order valence-electron chi connectivity index (χ3n) is 3.45. The Labute approximate surface area is 119 Å². The molecule has 3 heteroatoms. The Kier molecular flexibility index (Phi) is 5.13. The Morgan fingerprint density at radius 3 is 2.50 bits per heavy atom. The first-order chi connectivity index (χ1) is 9.76. The van der Waals surface area contributed by atoms with Crippen molar-refractivity contribution in [2.24, 2.45) is 0 Å². The molecule has 0 aromatic heterocycles. The molecular formula is C17H20FNO. The van der Waals surface area contributed by atoms with Crippen LogP contribution in [0, 0.1) is 5.82 Å². The molecule has 1 atom stereocenters. The molecular weight excluding hydrogens is 253 g/mol. The van der Waals surface area contributed by atoms with Crippen LogP contribution in [0.15, 0.2) is 48.5 Å². The average molecular weight is 273 g/mol. The average Bonchev–Trinajstić information content (AvgIpc) is 2.49. The van der Waals surface area contributed by atoms with Crippen molar-refractivity contribution >= 4 is 0 Å². The van der Waals surface area contributed by atoms with E-state index in [0.29, 0.717) is 17.7 Å². The Morgan fingerprint density at radius 2 is 1.85 bits per heavy atom. The zero-order chi connectivity index (χ0) is 14.4. The van der Waals surface area contributed by atoms with Gasteiger partial charge >= 0.3 is 0 Å². The maximum absolute atomic E-state index is 14.2. The van der Waals surface area contributed by atoms with Crippen LogP contribution in [-0.2, 0) is 6.42 Å². The molecule has 20 heavy (non-hydrogen) atoms. The summed E-state index contributed by atoms with van der Waals surface area (Å²) in [4.78, 5) is 0. The molecule has 0 fully saturated rings. The fraction of sp³-hybridized carbons (Fsp3) is 0.294. The molecule has 0 bridgehead atoms. The summed E-state index contributed by atoms with van der Waals surface area (Å²) in [7, 11) is 3.41. The molecule has 2 aromatic rings. The first-order valence-corrected chi connectivity index (χ1v) is 6.77. The van der Waals surface area contributed by atoms with E-state index < -0.39 is 0 Å². The number of methoxy groups -OCH3 is 1. The van der Waals surface area contributed by atoms with Gasteiger partial charge < -0.3 is 10.1 Å². The van der Waals surface area contributed by atoms with Crippen molar-refractivity contribution in [1.82, 2.24) is 5.32 Å². The molecule has 0 spiro atoms. The lowest BCUT2D eigenvalue weighted by Crippen LogP contribution is -2.19. The lowest BCUT2D eigenvalue weighted by Gasteiger charge is -2.18. The predicted octanol–water partition coefficient (Wildman–Crippen LogP) is 3.38. The zero-order valence-electron chi connectivity index (χ0n) is 11.9. The van der Waals surface area contributed by atoms with Gasteiger partial charge in [0.05, 0.1) is 7.11 Å². The van der Waals surface area contributed by atoms with Crippen molar-refractivity contribution < 1.29 is 9.13 Å². The monoisotopic (exact) mass is 273 g/mol. The van der Waals surface area contributed by atoms with Crippen LogP contribution in [0.4, 0.5) is 4.39 Å². The summed E-state index contributed by atoms with van der Waals surface area (Å²) in [6.07, 6.45) is 0.647. The van der Waals surface area contributed by atoms with E-state index in [1.54, 1.807) is 6.07 Å². The molecule has 0 heterocycles. The number of nitrogens with one attached hydrogen (secondary N) is 1. The zero-order valence-corrected chi connectivity index (χ0v) is 11.9. The number of ether oxygens (including phenoxy) is 1. The normalized spacial score (nSPS) is 12.2. The van der Waals surface area contributed by atoms with Crippen LogP contribution in [0.3, 0.4) is 0 Å². The summed E-state index contributed by atoms with van der Waals surface area (Å²) < 4.78 is 19.3. The molecule has 0 amide bonds. The van der Waals surface area contributed by atoms with E-state index in [-0.39, 0.29) is 11.7 Å². The summed E-state index contributed by atoms with van der Waals surface area (Å²) >= 11 is 0. The second kappa shape index (κ2) is 7.06. The first kappa shape index (κ1) is 14.5. The van der Waals surface area contributed by atoms with E-state index in [4.69, 9.17) is 4.74 Å². The van der Waals surface area contributed by atoms with E-state index >= 15 is 0 Å². The van der Waals surface area contributed by atoms with Crippen LogP contribution >= 0.6 is 0 Å². The minimum absolute atomic E-state index is 0.239. The van der Waals surface area contributed by atoms with Gasteiger partial charge in [-0.1, -0.05) is 42.5 Å². The number of benzene rings is 2. The number of rotatable bonds is 6. The van der Waals surface area contributed by atoms with Crippen LogP contribution in [0.25, 0.3) is 0 Å². The molecule has 0 saturated heterocycles. The predicted molar refractivity (Wildman–Crippen MR) is 79.8 cm³/mol. The Morgan fingerprint density at radius 1 is 1.10 bits per heavy atom. The van der Waals surface area contributed by atoms with E-state index in [1.165, 1.54) is 12.7 Å². The highest BCUT2D eigenvalue weighted by Gasteiger charge is 2.15. The fourth-order valence-electron chi connectivity index (χ4n) is 2.42. The molecule has 0 saturated carbocycles.